The van der Waals surface area contributed by atoms with Crippen molar-refractivity contribution in [3.8, 4) is 0 Å². The minimum atomic E-state index is 0.0290. The zero-order valence-corrected chi connectivity index (χ0v) is 14.6. The summed E-state index contributed by atoms with van der Waals surface area (Å²) < 4.78 is 0. The maximum Gasteiger partial charge on any atom is 0.238 e. The molecular weight excluding hydrogens is 302 g/mol. The van der Waals surface area contributed by atoms with E-state index in [4.69, 9.17) is 0 Å². The highest BCUT2D eigenvalue weighted by molar-refractivity contribution is 5.96. The topological polar surface area (TPSA) is 52.7 Å². The minimum Gasteiger partial charge on any atom is -0.325 e. The molecule has 2 aliphatic heterocycles. The summed E-state index contributed by atoms with van der Waals surface area (Å²) in [6.07, 6.45) is 2.80. The summed E-state index contributed by atoms with van der Waals surface area (Å²) in [4.78, 5) is 28.1. The quantitative estimate of drug-likeness (QED) is 0.924. The highest BCUT2D eigenvalue weighted by atomic mass is 16.2. The van der Waals surface area contributed by atoms with Crippen molar-refractivity contribution in [3.05, 3.63) is 24.3 Å². The van der Waals surface area contributed by atoms with Crippen LogP contribution >= 0.6 is 0 Å². The SMILES string of the molecule is C[C@@H]1C[C@H](C)CN(CC(=O)Nc2ccc(N3CCCC3=O)cc2)C1. The summed E-state index contributed by atoms with van der Waals surface area (Å²) in [7, 11) is 0. The van der Waals surface area contributed by atoms with E-state index < -0.39 is 0 Å². The fourth-order valence-corrected chi connectivity index (χ4v) is 3.97. The lowest BCUT2D eigenvalue weighted by Crippen LogP contribution is -2.42. The Bertz CT molecular complexity index is 589. The Morgan fingerprint density at radius 2 is 1.83 bits per heavy atom. The third-order valence-electron chi connectivity index (χ3n) is 4.85. The molecule has 2 amide bonds. The molecule has 2 aliphatic rings. The van der Waals surface area contributed by atoms with E-state index in [1.165, 1.54) is 6.42 Å². The maximum absolute atomic E-state index is 12.3. The van der Waals surface area contributed by atoms with Crippen molar-refractivity contribution in [1.82, 2.24) is 4.90 Å². The number of hydrogen-bond donors (Lipinski definition) is 1. The van der Waals surface area contributed by atoms with Crippen molar-refractivity contribution in [3.63, 3.8) is 0 Å². The van der Waals surface area contributed by atoms with Gasteiger partial charge in [-0.15, -0.1) is 0 Å². The smallest absolute Gasteiger partial charge is 0.238 e. The Balaban J connectivity index is 1.54. The highest BCUT2D eigenvalue weighted by Gasteiger charge is 2.24. The lowest BCUT2D eigenvalue weighted by molar-refractivity contribution is -0.118. The fraction of sp³-hybridized carbons (Fsp3) is 0.579. The molecule has 1 aromatic rings. The minimum absolute atomic E-state index is 0.0290. The van der Waals surface area contributed by atoms with Crippen LogP contribution in [0.5, 0.6) is 0 Å². The van der Waals surface area contributed by atoms with Gasteiger partial charge in [0.15, 0.2) is 0 Å². The van der Waals surface area contributed by atoms with Crippen LogP contribution in [0, 0.1) is 11.8 Å². The molecule has 0 bridgehead atoms. The van der Waals surface area contributed by atoms with Gasteiger partial charge in [0, 0.05) is 37.4 Å². The predicted molar refractivity (Wildman–Crippen MR) is 96.0 cm³/mol. The van der Waals surface area contributed by atoms with E-state index in [1.807, 2.05) is 29.2 Å². The summed E-state index contributed by atoms with van der Waals surface area (Å²) in [6.45, 7) is 7.72. The monoisotopic (exact) mass is 329 g/mol. The zero-order valence-electron chi connectivity index (χ0n) is 14.6. The molecule has 0 saturated carbocycles. The van der Waals surface area contributed by atoms with E-state index in [2.05, 4.69) is 24.1 Å². The van der Waals surface area contributed by atoms with Crippen LogP contribution in [-0.2, 0) is 9.59 Å². The molecule has 5 nitrogen and oxygen atoms in total. The van der Waals surface area contributed by atoms with E-state index in [9.17, 15) is 9.59 Å². The lowest BCUT2D eigenvalue weighted by Gasteiger charge is -2.34. The van der Waals surface area contributed by atoms with Gasteiger partial charge in [-0.2, -0.15) is 0 Å². The number of likely N-dealkylation sites (tertiary alicyclic amines) is 1. The van der Waals surface area contributed by atoms with Crippen LogP contribution in [0.2, 0.25) is 0 Å². The Morgan fingerprint density at radius 1 is 1.17 bits per heavy atom. The molecule has 5 heteroatoms. The molecule has 2 saturated heterocycles. The van der Waals surface area contributed by atoms with Crippen molar-refractivity contribution >= 4 is 23.2 Å². The first-order chi connectivity index (χ1) is 11.5. The van der Waals surface area contributed by atoms with Gasteiger partial charge < -0.3 is 10.2 Å². The molecule has 3 rings (SSSR count). The molecule has 0 unspecified atom stereocenters. The average Bonchev–Trinajstić information content (AvgIpc) is 2.93. The van der Waals surface area contributed by atoms with Crippen molar-refractivity contribution in [2.45, 2.75) is 33.1 Å². The second kappa shape index (κ2) is 7.34. The number of nitrogens with one attached hydrogen (secondary N) is 1. The number of anilines is 2. The standard InChI is InChI=1S/C19H27N3O2/c1-14-10-15(2)12-21(11-14)13-18(23)20-16-5-7-17(8-6-16)22-9-3-4-19(22)24/h5-8,14-15H,3-4,9-13H2,1-2H3,(H,20,23)/t14-,15+. The molecule has 2 heterocycles. The molecule has 2 fully saturated rings. The van der Waals surface area contributed by atoms with Crippen LogP contribution in [0.25, 0.3) is 0 Å². The Kier molecular flexibility index (Phi) is 5.19. The number of amides is 2. The largest absolute Gasteiger partial charge is 0.325 e. The number of carbonyl (C=O) groups is 2. The van der Waals surface area contributed by atoms with Crippen molar-refractivity contribution in [2.24, 2.45) is 11.8 Å². The molecular formula is C19H27N3O2. The van der Waals surface area contributed by atoms with Gasteiger partial charge >= 0.3 is 0 Å². The van der Waals surface area contributed by atoms with Crippen LogP contribution in [0.1, 0.15) is 33.1 Å². The predicted octanol–water partition coefficient (Wildman–Crippen LogP) is 2.73. The maximum atomic E-state index is 12.3. The van der Waals surface area contributed by atoms with Gasteiger partial charge in [0.2, 0.25) is 11.8 Å². The summed E-state index contributed by atoms with van der Waals surface area (Å²) in [5.41, 5.74) is 1.70. The van der Waals surface area contributed by atoms with Crippen LogP contribution in [0.4, 0.5) is 11.4 Å². The van der Waals surface area contributed by atoms with Gasteiger partial charge in [-0.05, 0) is 48.9 Å². The van der Waals surface area contributed by atoms with E-state index >= 15 is 0 Å². The molecule has 1 N–H and O–H groups in total. The number of rotatable bonds is 4. The van der Waals surface area contributed by atoms with Crippen LogP contribution < -0.4 is 10.2 Å². The van der Waals surface area contributed by atoms with Gasteiger partial charge in [0.1, 0.15) is 0 Å². The fourth-order valence-electron chi connectivity index (χ4n) is 3.97. The third-order valence-corrected chi connectivity index (χ3v) is 4.85. The third kappa shape index (κ3) is 4.15. The van der Waals surface area contributed by atoms with E-state index in [1.54, 1.807) is 0 Å². The molecule has 1 aromatic carbocycles. The zero-order chi connectivity index (χ0) is 17.1. The molecule has 0 aliphatic carbocycles. The van der Waals surface area contributed by atoms with Crippen molar-refractivity contribution in [2.75, 3.05) is 36.4 Å². The highest BCUT2D eigenvalue weighted by Crippen LogP contribution is 2.23. The second-order valence-corrected chi connectivity index (χ2v) is 7.38. The van der Waals surface area contributed by atoms with Crippen molar-refractivity contribution < 1.29 is 9.59 Å². The van der Waals surface area contributed by atoms with Crippen LogP contribution in [-0.4, -0.2) is 42.9 Å². The van der Waals surface area contributed by atoms with Gasteiger partial charge in [-0.1, -0.05) is 13.8 Å². The van der Waals surface area contributed by atoms with Gasteiger partial charge in [0.25, 0.3) is 0 Å². The van der Waals surface area contributed by atoms with Gasteiger partial charge in [-0.3, -0.25) is 14.5 Å². The van der Waals surface area contributed by atoms with Crippen molar-refractivity contribution in [1.29, 1.82) is 0 Å². The average molecular weight is 329 g/mol. The Morgan fingerprint density at radius 3 is 2.42 bits per heavy atom. The summed E-state index contributed by atoms with van der Waals surface area (Å²) >= 11 is 0. The van der Waals surface area contributed by atoms with Gasteiger partial charge in [0.05, 0.1) is 6.54 Å². The van der Waals surface area contributed by atoms with E-state index in [0.717, 1.165) is 37.4 Å². The summed E-state index contributed by atoms with van der Waals surface area (Å²) in [5, 5.41) is 2.96. The second-order valence-electron chi connectivity index (χ2n) is 7.38. The Labute approximate surface area is 144 Å². The van der Waals surface area contributed by atoms with Crippen LogP contribution in [0.15, 0.2) is 24.3 Å². The van der Waals surface area contributed by atoms with E-state index in [-0.39, 0.29) is 11.8 Å². The Hall–Kier alpha value is -1.88. The molecule has 0 radical (unpaired) electrons. The first-order valence-corrected chi connectivity index (χ1v) is 8.94. The summed E-state index contributed by atoms with van der Waals surface area (Å²) in [6, 6.07) is 7.56. The number of piperidine rings is 1. The summed E-state index contributed by atoms with van der Waals surface area (Å²) in [5.74, 6) is 1.51. The number of benzene rings is 1. The normalized spacial score (nSPS) is 25.1. The molecule has 0 spiro atoms. The molecule has 2 atom stereocenters. The molecule has 130 valence electrons. The lowest BCUT2D eigenvalue weighted by atomic mass is 9.92. The van der Waals surface area contributed by atoms with Crippen LogP contribution in [0.3, 0.4) is 0 Å². The molecule has 0 aromatic heterocycles. The number of carbonyl (C=O) groups excluding carboxylic acids is 2. The van der Waals surface area contributed by atoms with Gasteiger partial charge in [-0.25, -0.2) is 0 Å². The first kappa shape index (κ1) is 17.0. The number of hydrogen-bond acceptors (Lipinski definition) is 3. The number of nitrogens with zero attached hydrogens (tertiary/aromatic N) is 2. The van der Waals surface area contributed by atoms with E-state index in [0.29, 0.717) is 24.8 Å². The first-order valence-electron chi connectivity index (χ1n) is 8.94. The molecule has 24 heavy (non-hydrogen) atoms.